The molecule has 0 fully saturated rings. The van der Waals surface area contributed by atoms with Gasteiger partial charge >= 0.3 is 0 Å². The first kappa shape index (κ1) is 17.0. The number of benzene rings is 2. The predicted octanol–water partition coefficient (Wildman–Crippen LogP) is 4.45. The van der Waals surface area contributed by atoms with Crippen molar-refractivity contribution in [1.82, 2.24) is 5.32 Å². The molecule has 0 spiro atoms. The number of carbonyl (C=O) groups excluding carboxylic acids is 1. The SMILES string of the molecule is CSc1ccc(CNC(=O)C(C)CSc2ccccc2)cc1. The Kier molecular flexibility index (Phi) is 6.87. The standard InChI is InChI=1S/C18H21NOS2/c1-14(13-22-17-6-4-3-5-7-17)18(20)19-12-15-8-10-16(21-2)11-9-15/h3-11,14H,12-13H2,1-2H3,(H,19,20). The molecule has 0 aliphatic rings. The number of amides is 1. The van der Waals surface area contributed by atoms with E-state index in [0.717, 1.165) is 11.3 Å². The van der Waals surface area contributed by atoms with E-state index in [9.17, 15) is 4.79 Å². The van der Waals surface area contributed by atoms with Crippen molar-refractivity contribution in [2.45, 2.75) is 23.3 Å². The summed E-state index contributed by atoms with van der Waals surface area (Å²) in [5.74, 6) is 0.898. The molecule has 22 heavy (non-hydrogen) atoms. The van der Waals surface area contributed by atoms with Gasteiger partial charge in [0.05, 0.1) is 0 Å². The minimum absolute atomic E-state index is 0.00400. The summed E-state index contributed by atoms with van der Waals surface area (Å²) >= 11 is 3.44. The largest absolute Gasteiger partial charge is 0.352 e. The molecule has 0 saturated carbocycles. The topological polar surface area (TPSA) is 29.1 Å². The van der Waals surface area contributed by atoms with Gasteiger partial charge in [0.2, 0.25) is 5.91 Å². The third-order valence-electron chi connectivity index (χ3n) is 3.32. The van der Waals surface area contributed by atoms with Gasteiger partial charge in [-0.2, -0.15) is 0 Å². The minimum atomic E-state index is -0.00400. The van der Waals surface area contributed by atoms with Gasteiger partial charge in [-0.1, -0.05) is 37.3 Å². The van der Waals surface area contributed by atoms with E-state index in [4.69, 9.17) is 0 Å². The van der Waals surface area contributed by atoms with Gasteiger partial charge in [0.1, 0.15) is 0 Å². The van der Waals surface area contributed by atoms with E-state index in [0.29, 0.717) is 6.54 Å². The molecular weight excluding hydrogens is 310 g/mol. The number of carbonyl (C=O) groups is 1. The summed E-state index contributed by atoms with van der Waals surface area (Å²) in [5.41, 5.74) is 1.13. The molecule has 1 unspecified atom stereocenters. The second-order valence-electron chi connectivity index (χ2n) is 5.09. The van der Waals surface area contributed by atoms with Gasteiger partial charge in [0.15, 0.2) is 0 Å². The Morgan fingerprint density at radius 2 is 1.73 bits per heavy atom. The summed E-state index contributed by atoms with van der Waals surface area (Å²) in [6.07, 6.45) is 2.06. The molecule has 0 aliphatic heterocycles. The monoisotopic (exact) mass is 331 g/mol. The summed E-state index contributed by atoms with van der Waals surface area (Å²) in [7, 11) is 0. The van der Waals surface area contributed by atoms with Crippen molar-refractivity contribution in [1.29, 1.82) is 0 Å². The molecule has 0 heterocycles. The van der Waals surface area contributed by atoms with Gasteiger partial charge in [-0.25, -0.2) is 0 Å². The van der Waals surface area contributed by atoms with Crippen LogP contribution in [0.4, 0.5) is 0 Å². The molecule has 2 nitrogen and oxygen atoms in total. The van der Waals surface area contributed by atoms with Crippen LogP contribution in [0.2, 0.25) is 0 Å². The molecule has 2 aromatic carbocycles. The molecule has 0 aliphatic carbocycles. The first-order valence-corrected chi connectivity index (χ1v) is 9.48. The van der Waals surface area contributed by atoms with Crippen LogP contribution < -0.4 is 5.32 Å². The van der Waals surface area contributed by atoms with E-state index < -0.39 is 0 Å². The van der Waals surface area contributed by atoms with Crippen molar-refractivity contribution in [3.05, 3.63) is 60.2 Å². The van der Waals surface area contributed by atoms with Gasteiger partial charge in [-0.3, -0.25) is 4.79 Å². The predicted molar refractivity (Wildman–Crippen MR) is 96.4 cm³/mol. The number of thioether (sulfide) groups is 2. The highest BCUT2D eigenvalue weighted by Crippen LogP contribution is 2.20. The molecule has 116 valence electrons. The zero-order valence-corrected chi connectivity index (χ0v) is 14.5. The quantitative estimate of drug-likeness (QED) is 0.760. The molecule has 1 N–H and O–H groups in total. The van der Waals surface area contributed by atoms with Crippen LogP contribution in [0.25, 0.3) is 0 Å². The lowest BCUT2D eigenvalue weighted by Crippen LogP contribution is -2.29. The maximum absolute atomic E-state index is 12.1. The maximum atomic E-state index is 12.1. The zero-order valence-electron chi connectivity index (χ0n) is 12.9. The molecule has 0 radical (unpaired) electrons. The summed E-state index contributed by atoms with van der Waals surface area (Å²) in [5, 5.41) is 3.01. The van der Waals surface area contributed by atoms with Crippen molar-refractivity contribution in [3.8, 4) is 0 Å². The van der Waals surface area contributed by atoms with Crippen LogP contribution in [0.3, 0.4) is 0 Å². The Balaban J connectivity index is 1.76. The summed E-state index contributed by atoms with van der Waals surface area (Å²) in [6.45, 7) is 2.57. The second kappa shape index (κ2) is 8.91. The van der Waals surface area contributed by atoms with Crippen molar-refractivity contribution in [2.24, 2.45) is 5.92 Å². The maximum Gasteiger partial charge on any atom is 0.223 e. The van der Waals surface area contributed by atoms with Crippen LogP contribution in [-0.4, -0.2) is 17.9 Å². The third kappa shape index (κ3) is 5.43. The molecule has 0 bridgehead atoms. The van der Waals surface area contributed by atoms with Crippen LogP contribution in [-0.2, 0) is 11.3 Å². The molecule has 4 heteroatoms. The van der Waals surface area contributed by atoms with Gasteiger partial charge in [-0.15, -0.1) is 23.5 Å². The van der Waals surface area contributed by atoms with E-state index in [2.05, 4.69) is 48.0 Å². The van der Waals surface area contributed by atoms with Crippen LogP contribution in [0, 0.1) is 5.92 Å². The first-order valence-electron chi connectivity index (χ1n) is 7.27. The molecular formula is C18H21NOS2. The van der Waals surface area contributed by atoms with Crippen LogP contribution in [0.1, 0.15) is 12.5 Å². The fourth-order valence-electron chi connectivity index (χ4n) is 1.92. The van der Waals surface area contributed by atoms with Crippen molar-refractivity contribution >= 4 is 29.4 Å². The van der Waals surface area contributed by atoms with Gasteiger partial charge in [-0.05, 0) is 36.1 Å². The van der Waals surface area contributed by atoms with Crippen molar-refractivity contribution in [2.75, 3.05) is 12.0 Å². The lowest BCUT2D eigenvalue weighted by molar-refractivity contribution is -0.124. The normalized spacial score (nSPS) is 11.9. The Bertz CT molecular complexity index is 584. The molecule has 2 aromatic rings. The highest BCUT2D eigenvalue weighted by Gasteiger charge is 2.12. The minimum Gasteiger partial charge on any atom is -0.352 e. The van der Waals surface area contributed by atoms with E-state index in [1.54, 1.807) is 23.5 Å². The first-order chi connectivity index (χ1) is 10.7. The lowest BCUT2D eigenvalue weighted by atomic mass is 10.2. The Labute approximate surface area is 141 Å². The number of hydrogen-bond acceptors (Lipinski definition) is 3. The average molecular weight is 332 g/mol. The summed E-state index contributed by atoms with van der Waals surface area (Å²) in [4.78, 5) is 14.6. The van der Waals surface area contributed by atoms with Crippen molar-refractivity contribution in [3.63, 3.8) is 0 Å². The third-order valence-corrected chi connectivity index (χ3v) is 5.33. The summed E-state index contributed by atoms with van der Waals surface area (Å²) < 4.78 is 0. The van der Waals surface area contributed by atoms with Crippen LogP contribution in [0.5, 0.6) is 0 Å². The molecule has 1 amide bonds. The highest BCUT2D eigenvalue weighted by molar-refractivity contribution is 7.99. The second-order valence-corrected chi connectivity index (χ2v) is 7.06. The Morgan fingerprint density at radius 1 is 1.05 bits per heavy atom. The number of rotatable bonds is 7. The highest BCUT2D eigenvalue weighted by atomic mass is 32.2. The van der Waals surface area contributed by atoms with Gasteiger partial charge in [0, 0.05) is 28.0 Å². The molecule has 0 aromatic heterocycles. The average Bonchev–Trinajstić information content (AvgIpc) is 2.58. The van der Waals surface area contributed by atoms with Gasteiger partial charge < -0.3 is 5.32 Å². The fourth-order valence-corrected chi connectivity index (χ4v) is 3.27. The van der Waals surface area contributed by atoms with Crippen LogP contribution in [0.15, 0.2) is 64.4 Å². The van der Waals surface area contributed by atoms with E-state index >= 15 is 0 Å². The van der Waals surface area contributed by atoms with Gasteiger partial charge in [0.25, 0.3) is 0 Å². The fraction of sp³-hybridized carbons (Fsp3) is 0.278. The van der Waals surface area contributed by atoms with E-state index in [1.165, 1.54) is 9.79 Å². The molecule has 0 saturated heterocycles. The zero-order chi connectivity index (χ0) is 15.8. The molecule has 1 atom stereocenters. The lowest BCUT2D eigenvalue weighted by Gasteiger charge is -2.12. The van der Waals surface area contributed by atoms with Crippen LogP contribution >= 0.6 is 23.5 Å². The van der Waals surface area contributed by atoms with E-state index in [1.807, 2.05) is 25.1 Å². The van der Waals surface area contributed by atoms with Crippen molar-refractivity contribution < 1.29 is 4.79 Å². The smallest absolute Gasteiger partial charge is 0.223 e. The Morgan fingerprint density at radius 3 is 2.36 bits per heavy atom. The summed E-state index contributed by atoms with van der Waals surface area (Å²) in [6, 6.07) is 18.5. The Hall–Kier alpha value is -1.39. The number of hydrogen-bond donors (Lipinski definition) is 1. The van der Waals surface area contributed by atoms with E-state index in [-0.39, 0.29) is 11.8 Å². The molecule has 2 rings (SSSR count). The number of nitrogens with one attached hydrogen (secondary N) is 1.